The lowest BCUT2D eigenvalue weighted by Gasteiger charge is -2.30. The fourth-order valence-electron chi connectivity index (χ4n) is 4.88. The molecule has 0 saturated carbocycles. The highest BCUT2D eigenvalue weighted by molar-refractivity contribution is 6.04. The van der Waals surface area contributed by atoms with E-state index in [0.717, 1.165) is 6.07 Å². The molecule has 204 valence electrons. The molecule has 0 spiro atoms. The van der Waals surface area contributed by atoms with Gasteiger partial charge in [-0.05, 0) is 62.1 Å². The van der Waals surface area contributed by atoms with Gasteiger partial charge in [0, 0.05) is 42.5 Å². The summed E-state index contributed by atoms with van der Waals surface area (Å²) in [5.41, 5.74) is 5.64. The SMILES string of the molecule is CC#CC(=O)N1CCCC(c2nc(-c3ccc(C(=O)Nc4ccccn4)cc3C(F)(F)F)n3c(N)nccc23)C1. The molecule has 9 nitrogen and oxygen atoms in total. The van der Waals surface area contributed by atoms with Crippen LogP contribution in [0.2, 0.25) is 0 Å². The number of pyridine rings is 1. The van der Waals surface area contributed by atoms with E-state index in [0.29, 0.717) is 37.1 Å². The van der Waals surface area contributed by atoms with Crippen molar-refractivity contribution < 1.29 is 22.8 Å². The number of likely N-dealkylation sites (tertiary alicyclic amines) is 1. The summed E-state index contributed by atoms with van der Waals surface area (Å²) in [6.07, 6.45) is -0.533. The second kappa shape index (κ2) is 10.7. The summed E-state index contributed by atoms with van der Waals surface area (Å²) >= 11 is 0. The van der Waals surface area contributed by atoms with Crippen LogP contribution in [0.3, 0.4) is 0 Å². The number of hydrogen-bond acceptors (Lipinski definition) is 6. The predicted molar refractivity (Wildman–Crippen MR) is 142 cm³/mol. The molecule has 3 aromatic heterocycles. The molecule has 1 atom stereocenters. The lowest BCUT2D eigenvalue weighted by Crippen LogP contribution is -2.38. The molecule has 4 heterocycles. The second-order valence-electron chi connectivity index (χ2n) is 9.24. The van der Waals surface area contributed by atoms with E-state index in [1.165, 1.54) is 35.0 Å². The van der Waals surface area contributed by atoms with Crippen LogP contribution in [0.4, 0.5) is 24.9 Å². The minimum absolute atomic E-state index is 0.0445. The maximum atomic E-state index is 14.4. The van der Waals surface area contributed by atoms with Gasteiger partial charge in [-0.2, -0.15) is 13.2 Å². The lowest BCUT2D eigenvalue weighted by molar-refractivity contribution is -0.137. The highest BCUT2D eigenvalue weighted by Crippen LogP contribution is 2.40. The van der Waals surface area contributed by atoms with Crippen molar-refractivity contribution in [3.05, 3.63) is 71.7 Å². The highest BCUT2D eigenvalue weighted by atomic mass is 19.4. The van der Waals surface area contributed by atoms with Crippen molar-refractivity contribution in [2.75, 3.05) is 24.1 Å². The van der Waals surface area contributed by atoms with Crippen molar-refractivity contribution in [3.63, 3.8) is 0 Å². The summed E-state index contributed by atoms with van der Waals surface area (Å²) in [6, 6.07) is 9.74. The van der Waals surface area contributed by atoms with E-state index < -0.39 is 17.6 Å². The van der Waals surface area contributed by atoms with E-state index in [-0.39, 0.29) is 40.5 Å². The van der Waals surface area contributed by atoms with Crippen LogP contribution in [0.25, 0.3) is 16.9 Å². The summed E-state index contributed by atoms with van der Waals surface area (Å²) in [7, 11) is 0. The van der Waals surface area contributed by atoms with E-state index in [1.807, 2.05) is 0 Å². The van der Waals surface area contributed by atoms with Crippen molar-refractivity contribution in [2.24, 2.45) is 0 Å². The third-order valence-corrected chi connectivity index (χ3v) is 6.67. The van der Waals surface area contributed by atoms with E-state index >= 15 is 0 Å². The summed E-state index contributed by atoms with van der Waals surface area (Å²) in [6.45, 7) is 2.43. The van der Waals surface area contributed by atoms with Gasteiger partial charge >= 0.3 is 6.18 Å². The number of nitrogens with zero attached hydrogens (tertiary/aromatic N) is 5. The summed E-state index contributed by atoms with van der Waals surface area (Å²) in [4.78, 5) is 39.5. The maximum Gasteiger partial charge on any atom is 0.417 e. The van der Waals surface area contributed by atoms with Crippen LogP contribution in [-0.2, 0) is 11.0 Å². The van der Waals surface area contributed by atoms with Crippen molar-refractivity contribution in [1.82, 2.24) is 24.3 Å². The first-order valence-electron chi connectivity index (χ1n) is 12.5. The van der Waals surface area contributed by atoms with Crippen molar-refractivity contribution in [2.45, 2.75) is 31.9 Å². The largest absolute Gasteiger partial charge is 0.417 e. The first kappa shape index (κ1) is 26.7. The molecule has 1 saturated heterocycles. The number of benzene rings is 1. The molecule has 0 bridgehead atoms. The Bertz CT molecular complexity index is 1660. The van der Waals surface area contributed by atoms with Crippen LogP contribution >= 0.6 is 0 Å². The molecular formula is C28H24F3N7O2. The maximum absolute atomic E-state index is 14.4. The van der Waals surface area contributed by atoms with Crippen LogP contribution in [-0.4, -0.2) is 49.2 Å². The predicted octanol–water partition coefficient (Wildman–Crippen LogP) is 4.37. The van der Waals surface area contributed by atoms with Crippen molar-refractivity contribution in [1.29, 1.82) is 0 Å². The number of nitrogens with one attached hydrogen (secondary N) is 1. The molecular weight excluding hydrogens is 523 g/mol. The van der Waals surface area contributed by atoms with Crippen molar-refractivity contribution in [3.8, 4) is 23.2 Å². The Labute approximate surface area is 227 Å². The number of rotatable bonds is 4. The third kappa shape index (κ3) is 5.18. The highest BCUT2D eigenvalue weighted by Gasteiger charge is 2.37. The zero-order valence-corrected chi connectivity index (χ0v) is 21.4. The lowest BCUT2D eigenvalue weighted by atomic mass is 9.94. The average molecular weight is 548 g/mol. The van der Waals surface area contributed by atoms with Gasteiger partial charge in [0.1, 0.15) is 11.6 Å². The van der Waals surface area contributed by atoms with Gasteiger partial charge in [-0.25, -0.2) is 15.0 Å². The molecule has 4 aromatic rings. The Kier molecular flexibility index (Phi) is 7.13. The zero-order chi connectivity index (χ0) is 28.4. The summed E-state index contributed by atoms with van der Waals surface area (Å²) in [5, 5.41) is 2.49. The number of fused-ring (bicyclic) bond motifs is 1. The van der Waals surface area contributed by atoms with Gasteiger partial charge in [0.25, 0.3) is 11.8 Å². The quantitative estimate of drug-likeness (QED) is 0.366. The molecule has 12 heteroatoms. The Hall–Kier alpha value is -4.92. The fraction of sp³-hybridized carbons (Fsp3) is 0.250. The number of aromatic nitrogens is 4. The number of nitrogen functional groups attached to an aromatic ring is 1. The van der Waals surface area contributed by atoms with Crippen LogP contribution in [0.5, 0.6) is 0 Å². The fourth-order valence-corrected chi connectivity index (χ4v) is 4.88. The molecule has 1 aliphatic heterocycles. The second-order valence-corrected chi connectivity index (χ2v) is 9.24. The van der Waals surface area contributed by atoms with E-state index in [2.05, 4.69) is 32.1 Å². The minimum atomic E-state index is -4.81. The molecule has 5 rings (SSSR count). The van der Waals surface area contributed by atoms with Gasteiger partial charge < -0.3 is 16.0 Å². The normalized spacial score (nSPS) is 15.4. The standard InChI is InChI=1S/C28H24F3N7O2/c1-2-6-23(39)37-14-5-7-18(16-37)24-21-11-13-34-27(32)38(21)25(36-24)19-10-9-17(15-20(19)28(29,30)31)26(40)35-22-8-3-4-12-33-22/h3-4,8-13,15,18H,5,7,14,16H2,1H3,(H2,32,34)(H,33,35,40). The number of anilines is 2. The van der Waals surface area contributed by atoms with E-state index in [1.54, 1.807) is 30.0 Å². The third-order valence-electron chi connectivity index (χ3n) is 6.67. The van der Waals surface area contributed by atoms with E-state index in [4.69, 9.17) is 5.73 Å². The summed E-state index contributed by atoms with van der Waals surface area (Å²) < 4.78 is 44.6. The Morgan fingerprint density at radius 1 is 1.12 bits per heavy atom. The van der Waals surface area contributed by atoms with Gasteiger partial charge in [-0.15, -0.1) is 0 Å². The van der Waals surface area contributed by atoms with Crippen LogP contribution in [0.15, 0.2) is 54.9 Å². The average Bonchev–Trinajstić information content (AvgIpc) is 3.34. The molecule has 1 unspecified atom stereocenters. The smallest absolute Gasteiger partial charge is 0.369 e. The van der Waals surface area contributed by atoms with Gasteiger partial charge in [0.05, 0.1) is 16.8 Å². The first-order chi connectivity index (χ1) is 19.2. The van der Waals surface area contributed by atoms with Crippen LogP contribution in [0, 0.1) is 11.8 Å². The van der Waals surface area contributed by atoms with Crippen LogP contribution in [0.1, 0.15) is 47.3 Å². The minimum Gasteiger partial charge on any atom is -0.369 e. The zero-order valence-electron chi connectivity index (χ0n) is 21.4. The summed E-state index contributed by atoms with van der Waals surface area (Å²) in [5.74, 6) is 3.94. The number of nitrogens with two attached hydrogens (primary N) is 1. The Morgan fingerprint density at radius 3 is 2.67 bits per heavy atom. The number of imidazole rings is 1. The molecule has 40 heavy (non-hydrogen) atoms. The number of piperidine rings is 1. The van der Waals surface area contributed by atoms with Gasteiger partial charge in [-0.1, -0.05) is 12.0 Å². The number of amides is 2. The molecule has 0 radical (unpaired) electrons. The van der Waals surface area contributed by atoms with Crippen molar-refractivity contribution >= 4 is 29.1 Å². The first-order valence-corrected chi connectivity index (χ1v) is 12.5. The monoisotopic (exact) mass is 547 g/mol. The molecule has 2 amide bonds. The van der Waals surface area contributed by atoms with E-state index in [9.17, 15) is 22.8 Å². The van der Waals surface area contributed by atoms with Gasteiger partial charge in [0.15, 0.2) is 0 Å². The number of carbonyl (C=O) groups excluding carboxylic acids is 2. The Morgan fingerprint density at radius 2 is 1.95 bits per heavy atom. The Balaban J connectivity index is 1.59. The number of halogens is 3. The molecule has 1 aliphatic rings. The topological polar surface area (TPSA) is 119 Å². The van der Waals surface area contributed by atoms with Crippen LogP contribution < -0.4 is 11.1 Å². The molecule has 0 aliphatic carbocycles. The number of alkyl halides is 3. The number of hydrogen-bond donors (Lipinski definition) is 2. The van der Waals surface area contributed by atoms with Gasteiger partial charge in [0.2, 0.25) is 5.95 Å². The number of carbonyl (C=O) groups is 2. The molecule has 1 aromatic carbocycles. The van der Waals surface area contributed by atoms with Gasteiger partial charge in [-0.3, -0.25) is 14.0 Å². The molecule has 1 fully saturated rings. The molecule has 3 N–H and O–H groups in total.